The standard InChI is InChI=1S/C14H27NO2/c1-2-17-12-6-11-15-14(16)10-9-13-7-4-3-5-8-13/h13H,2-12H2,1H3,(H,15,16). The molecule has 0 bridgehead atoms. The molecule has 0 aromatic rings. The molecule has 3 heteroatoms. The number of nitrogens with one attached hydrogen (secondary N) is 1. The molecule has 0 heterocycles. The fourth-order valence-electron chi connectivity index (χ4n) is 2.45. The zero-order chi connectivity index (χ0) is 12.3. The molecule has 1 aliphatic rings. The molecule has 0 aromatic heterocycles. The zero-order valence-corrected chi connectivity index (χ0v) is 11.2. The van der Waals surface area contributed by atoms with Gasteiger partial charge in [0.1, 0.15) is 0 Å². The van der Waals surface area contributed by atoms with Crippen molar-refractivity contribution in [2.75, 3.05) is 19.8 Å². The topological polar surface area (TPSA) is 38.3 Å². The summed E-state index contributed by atoms with van der Waals surface area (Å²) in [7, 11) is 0. The SMILES string of the molecule is CCOCCCNC(=O)CCC1CCCCC1. The quantitative estimate of drug-likeness (QED) is 0.664. The van der Waals surface area contributed by atoms with Gasteiger partial charge in [-0.05, 0) is 25.7 Å². The van der Waals surface area contributed by atoms with E-state index in [1.165, 1.54) is 32.1 Å². The Morgan fingerprint density at radius 3 is 2.76 bits per heavy atom. The fourth-order valence-corrected chi connectivity index (χ4v) is 2.45. The highest BCUT2D eigenvalue weighted by molar-refractivity contribution is 5.75. The van der Waals surface area contributed by atoms with E-state index in [2.05, 4.69) is 5.32 Å². The third-order valence-corrected chi connectivity index (χ3v) is 3.50. The molecule has 1 fully saturated rings. The summed E-state index contributed by atoms with van der Waals surface area (Å²) in [6.45, 7) is 4.25. The molecule has 0 aromatic carbocycles. The van der Waals surface area contributed by atoms with Crippen LogP contribution in [0, 0.1) is 5.92 Å². The van der Waals surface area contributed by atoms with E-state index in [1.807, 2.05) is 6.92 Å². The van der Waals surface area contributed by atoms with Crippen LogP contribution in [-0.2, 0) is 9.53 Å². The van der Waals surface area contributed by atoms with E-state index in [-0.39, 0.29) is 5.91 Å². The molecule has 0 saturated heterocycles. The summed E-state index contributed by atoms with van der Waals surface area (Å²) in [6.07, 6.45) is 9.48. The molecule has 0 radical (unpaired) electrons. The minimum atomic E-state index is 0.215. The summed E-state index contributed by atoms with van der Waals surface area (Å²) in [5.41, 5.74) is 0. The molecular weight excluding hydrogens is 214 g/mol. The average Bonchev–Trinajstić information content (AvgIpc) is 2.37. The Hall–Kier alpha value is -0.570. The Morgan fingerprint density at radius 2 is 2.06 bits per heavy atom. The van der Waals surface area contributed by atoms with E-state index in [0.717, 1.165) is 38.5 Å². The maximum absolute atomic E-state index is 11.6. The van der Waals surface area contributed by atoms with Crippen LogP contribution in [-0.4, -0.2) is 25.7 Å². The highest BCUT2D eigenvalue weighted by Gasteiger charge is 2.14. The van der Waals surface area contributed by atoms with Gasteiger partial charge in [-0.3, -0.25) is 4.79 Å². The van der Waals surface area contributed by atoms with Crippen LogP contribution in [0.5, 0.6) is 0 Å². The van der Waals surface area contributed by atoms with Crippen LogP contribution in [0.4, 0.5) is 0 Å². The van der Waals surface area contributed by atoms with Gasteiger partial charge in [-0.25, -0.2) is 0 Å². The molecule has 1 saturated carbocycles. The molecule has 100 valence electrons. The lowest BCUT2D eigenvalue weighted by atomic mass is 9.86. The van der Waals surface area contributed by atoms with Crippen LogP contribution in [0.25, 0.3) is 0 Å². The van der Waals surface area contributed by atoms with Crippen molar-refractivity contribution >= 4 is 5.91 Å². The second-order valence-corrected chi connectivity index (χ2v) is 4.94. The number of carbonyl (C=O) groups is 1. The third kappa shape index (κ3) is 7.37. The summed E-state index contributed by atoms with van der Waals surface area (Å²) in [5, 5.41) is 2.96. The van der Waals surface area contributed by atoms with Gasteiger partial charge in [0.15, 0.2) is 0 Å². The lowest BCUT2D eigenvalue weighted by Crippen LogP contribution is -2.25. The first-order valence-electron chi connectivity index (χ1n) is 7.17. The fraction of sp³-hybridized carbons (Fsp3) is 0.929. The minimum Gasteiger partial charge on any atom is -0.382 e. The van der Waals surface area contributed by atoms with Gasteiger partial charge in [0.25, 0.3) is 0 Å². The lowest BCUT2D eigenvalue weighted by Gasteiger charge is -2.20. The molecular formula is C14H27NO2. The maximum atomic E-state index is 11.6. The molecule has 17 heavy (non-hydrogen) atoms. The number of carbonyl (C=O) groups excluding carboxylic acids is 1. The zero-order valence-electron chi connectivity index (χ0n) is 11.2. The lowest BCUT2D eigenvalue weighted by molar-refractivity contribution is -0.121. The molecule has 1 amide bonds. The summed E-state index contributed by atoms with van der Waals surface area (Å²) >= 11 is 0. The number of hydrogen-bond donors (Lipinski definition) is 1. The largest absolute Gasteiger partial charge is 0.382 e. The predicted molar refractivity (Wildman–Crippen MR) is 69.9 cm³/mol. The number of amides is 1. The monoisotopic (exact) mass is 241 g/mol. The molecule has 1 aliphatic carbocycles. The number of rotatable bonds is 8. The molecule has 0 aliphatic heterocycles. The minimum absolute atomic E-state index is 0.215. The first-order chi connectivity index (χ1) is 8.33. The first-order valence-corrected chi connectivity index (χ1v) is 7.17. The smallest absolute Gasteiger partial charge is 0.220 e. The van der Waals surface area contributed by atoms with Gasteiger partial charge in [0, 0.05) is 26.2 Å². The van der Waals surface area contributed by atoms with E-state index < -0.39 is 0 Å². The van der Waals surface area contributed by atoms with Crippen molar-refractivity contribution < 1.29 is 9.53 Å². The Labute approximate surface area is 105 Å². The maximum Gasteiger partial charge on any atom is 0.220 e. The first kappa shape index (κ1) is 14.5. The molecule has 1 rings (SSSR count). The van der Waals surface area contributed by atoms with E-state index in [1.54, 1.807) is 0 Å². The molecule has 0 spiro atoms. The van der Waals surface area contributed by atoms with Crippen molar-refractivity contribution in [1.29, 1.82) is 0 Å². The van der Waals surface area contributed by atoms with E-state index in [4.69, 9.17) is 4.74 Å². The van der Waals surface area contributed by atoms with Crippen molar-refractivity contribution in [3.63, 3.8) is 0 Å². The Kier molecular flexibility index (Phi) is 8.06. The summed E-state index contributed by atoms with van der Waals surface area (Å²) in [5.74, 6) is 1.02. The van der Waals surface area contributed by atoms with E-state index in [0.29, 0.717) is 6.42 Å². The second-order valence-electron chi connectivity index (χ2n) is 4.94. The van der Waals surface area contributed by atoms with Gasteiger partial charge in [-0.2, -0.15) is 0 Å². The highest BCUT2D eigenvalue weighted by atomic mass is 16.5. The van der Waals surface area contributed by atoms with Gasteiger partial charge in [0.2, 0.25) is 5.91 Å². The van der Waals surface area contributed by atoms with Crippen LogP contribution in [0.1, 0.15) is 58.3 Å². The van der Waals surface area contributed by atoms with Crippen molar-refractivity contribution in [2.24, 2.45) is 5.92 Å². The van der Waals surface area contributed by atoms with Gasteiger partial charge >= 0.3 is 0 Å². The van der Waals surface area contributed by atoms with Crippen LogP contribution >= 0.6 is 0 Å². The molecule has 3 nitrogen and oxygen atoms in total. The van der Waals surface area contributed by atoms with Gasteiger partial charge in [-0.1, -0.05) is 32.1 Å². The normalized spacial score (nSPS) is 17.0. The summed E-state index contributed by atoms with van der Waals surface area (Å²) < 4.78 is 5.22. The average molecular weight is 241 g/mol. The molecule has 0 atom stereocenters. The van der Waals surface area contributed by atoms with Crippen LogP contribution in [0.15, 0.2) is 0 Å². The Balaban J connectivity index is 1.93. The van der Waals surface area contributed by atoms with Crippen LogP contribution in [0.2, 0.25) is 0 Å². The van der Waals surface area contributed by atoms with E-state index >= 15 is 0 Å². The molecule has 1 N–H and O–H groups in total. The van der Waals surface area contributed by atoms with Crippen molar-refractivity contribution in [3.05, 3.63) is 0 Å². The highest BCUT2D eigenvalue weighted by Crippen LogP contribution is 2.27. The summed E-state index contributed by atoms with van der Waals surface area (Å²) in [4.78, 5) is 11.6. The van der Waals surface area contributed by atoms with Crippen molar-refractivity contribution in [2.45, 2.75) is 58.3 Å². The molecule has 0 unspecified atom stereocenters. The second kappa shape index (κ2) is 9.46. The van der Waals surface area contributed by atoms with Gasteiger partial charge < -0.3 is 10.1 Å². The Morgan fingerprint density at radius 1 is 1.29 bits per heavy atom. The predicted octanol–water partition coefficient (Wildman–Crippen LogP) is 2.89. The van der Waals surface area contributed by atoms with Crippen LogP contribution < -0.4 is 5.32 Å². The van der Waals surface area contributed by atoms with Crippen LogP contribution in [0.3, 0.4) is 0 Å². The van der Waals surface area contributed by atoms with Gasteiger partial charge in [0.05, 0.1) is 0 Å². The Bertz CT molecular complexity index is 200. The van der Waals surface area contributed by atoms with E-state index in [9.17, 15) is 4.79 Å². The number of ether oxygens (including phenoxy) is 1. The number of hydrogen-bond acceptors (Lipinski definition) is 2. The van der Waals surface area contributed by atoms with Crippen molar-refractivity contribution in [3.8, 4) is 0 Å². The van der Waals surface area contributed by atoms with Gasteiger partial charge in [-0.15, -0.1) is 0 Å². The summed E-state index contributed by atoms with van der Waals surface area (Å²) in [6, 6.07) is 0. The van der Waals surface area contributed by atoms with Crippen molar-refractivity contribution in [1.82, 2.24) is 5.32 Å². The third-order valence-electron chi connectivity index (χ3n) is 3.50.